The van der Waals surface area contributed by atoms with Crippen LogP contribution >= 0.6 is 23.2 Å². The molecule has 4 rings (SSSR count). The van der Waals surface area contributed by atoms with Crippen LogP contribution in [-0.4, -0.2) is 96.4 Å². The number of ether oxygens (including phenoxy) is 1. The number of nitrogens with zero attached hydrogens (tertiary/aromatic N) is 4. The van der Waals surface area contributed by atoms with Crippen LogP contribution < -0.4 is 9.64 Å². The Morgan fingerprint density at radius 3 is 1.81 bits per heavy atom. The highest BCUT2D eigenvalue weighted by Crippen LogP contribution is 2.34. The molecule has 2 aromatic rings. The van der Waals surface area contributed by atoms with E-state index in [1.54, 1.807) is 18.2 Å². The fourth-order valence-corrected chi connectivity index (χ4v) is 8.10. The number of piperazine rings is 2. The third-order valence-corrected chi connectivity index (χ3v) is 10.8. The largest absolute Gasteiger partial charge is 0.495 e. The maximum atomic E-state index is 13.4. The Labute approximate surface area is 223 Å². The average molecular weight is 578 g/mol. The van der Waals surface area contributed by atoms with Gasteiger partial charge in [0.2, 0.25) is 20.0 Å². The van der Waals surface area contributed by atoms with Crippen LogP contribution in [-0.2, 0) is 20.0 Å². The molecule has 0 atom stereocenters. The Kier molecular flexibility index (Phi) is 8.40. The first-order valence-corrected chi connectivity index (χ1v) is 15.3. The van der Waals surface area contributed by atoms with Crippen molar-refractivity contribution in [3.05, 3.63) is 46.4 Å². The highest BCUT2D eigenvalue weighted by molar-refractivity contribution is 7.89. The van der Waals surface area contributed by atoms with Crippen molar-refractivity contribution in [3.8, 4) is 5.75 Å². The Bertz CT molecular complexity index is 1290. The molecular formula is C23H30Cl2N4O5S2. The van der Waals surface area contributed by atoms with Gasteiger partial charge in [0.1, 0.15) is 5.75 Å². The summed E-state index contributed by atoms with van der Waals surface area (Å²) in [5.41, 5.74) is 0.619. The number of methoxy groups -OCH3 is 1. The molecule has 0 amide bonds. The number of hydrogen-bond donors (Lipinski definition) is 0. The van der Waals surface area contributed by atoms with E-state index < -0.39 is 20.0 Å². The van der Waals surface area contributed by atoms with E-state index in [0.717, 1.165) is 6.54 Å². The Hall–Kier alpha value is -1.60. The van der Waals surface area contributed by atoms with Gasteiger partial charge in [-0.1, -0.05) is 30.1 Å². The second-order valence-electron chi connectivity index (χ2n) is 8.67. The van der Waals surface area contributed by atoms with Gasteiger partial charge in [-0.2, -0.15) is 8.61 Å². The van der Waals surface area contributed by atoms with Gasteiger partial charge in [0, 0.05) is 62.4 Å². The fraction of sp³-hybridized carbons (Fsp3) is 0.478. The summed E-state index contributed by atoms with van der Waals surface area (Å²) in [6.45, 7) is 6.41. The van der Waals surface area contributed by atoms with Crippen molar-refractivity contribution >= 4 is 48.9 Å². The predicted octanol–water partition coefficient (Wildman–Crippen LogP) is 2.84. The molecule has 2 aliphatic heterocycles. The van der Waals surface area contributed by atoms with Crippen LogP contribution in [0.4, 0.5) is 5.69 Å². The lowest BCUT2D eigenvalue weighted by atomic mass is 10.2. The van der Waals surface area contributed by atoms with Crippen molar-refractivity contribution in [2.24, 2.45) is 0 Å². The number of hydrogen-bond acceptors (Lipinski definition) is 7. The number of halogens is 2. The van der Waals surface area contributed by atoms with Crippen LogP contribution in [0.1, 0.15) is 6.92 Å². The van der Waals surface area contributed by atoms with Crippen LogP contribution in [0.5, 0.6) is 5.75 Å². The first kappa shape index (κ1) is 27.4. The van der Waals surface area contributed by atoms with E-state index in [2.05, 4.69) is 11.8 Å². The van der Waals surface area contributed by atoms with Gasteiger partial charge < -0.3 is 14.5 Å². The molecule has 13 heteroatoms. The summed E-state index contributed by atoms with van der Waals surface area (Å²) in [5, 5.41) is 0.497. The second kappa shape index (κ2) is 11.0. The molecule has 0 saturated carbocycles. The average Bonchev–Trinajstić information content (AvgIpc) is 2.87. The molecule has 0 spiro atoms. The monoisotopic (exact) mass is 576 g/mol. The van der Waals surface area contributed by atoms with E-state index >= 15 is 0 Å². The van der Waals surface area contributed by atoms with E-state index in [0.29, 0.717) is 50.7 Å². The molecule has 0 aromatic heterocycles. The molecule has 2 saturated heterocycles. The summed E-state index contributed by atoms with van der Waals surface area (Å²) >= 11 is 12.0. The maximum Gasteiger partial charge on any atom is 0.243 e. The van der Waals surface area contributed by atoms with E-state index in [1.165, 1.54) is 33.9 Å². The molecule has 2 aliphatic rings. The summed E-state index contributed by atoms with van der Waals surface area (Å²) < 4.78 is 61.4. The molecule has 0 unspecified atom stereocenters. The number of likely N-dealkylation sites (N-methyl/N-ethyl adjacent to an activating group) is 1. The molecule has 198 valence electrons. The van der Waals surface area contributed by atoms with Gasteiger partial charge in [0.15, 0.2) is 0 Å². The zero-order valence-electron chi connectivity index (χ0n) is 20.2. The minimum atomic E-state index is -3.78. The maximum absolute atomic E-state index is 13.4. The number of rotatable bonds is 7. The summed E-state index contributed by atoms with van der Waals surface area (Å²) in [6, 6.07) is 9.09. The van der Waals surface area contributed by atoms with Gasteiger partial charge in [-0.15, -0.1) is 0 Å². The normalized spacial score (nSPS) is 18.9. The summed E-state index contributed by atoms with van der Waals surface area (Å²) in [7, 11) is -5.92. The molecule has 2 heterocycles. The number of sulfonamides is 2. The van der Waals surface area contributed by atoms with Crippen LogP contribution in [0.2, 0.25) is 10.0 Å². The molecular weight excluding hydrogens is 547 g/mol. The third kappa shape index (κ3) is 5.62. The van der Waals surface area contributed by atoms with Crippen molar-refractivity contribution in [1.29, 1.82) is 0 Å². The second-order valence-corrected chi connectivity index (χ2v) is 13.4. The molecule has 9 nitrogen and oxygen atoms in total. The summed E-state index contributed by atoms with van der Waals surface area (Å²) in [4.78, 5) is 4.41. The summed E-state index contributed by atoms with van der Waals surface area (Å²) in [5.74, 6) is 0.530. The zero-order valence-corrected chi connectivity index (χ0v) is 23.4. The molecule has 36 heavy (non-hydrogen) atoms. The molecule has 0 N–H and O–H groups in total. The van der Waals surface area contributed by atoms with Gasteiger partial charge in [0.25, 0.3) is 0 Å². The molecule has 0 radical (unpaired) electrons. The lowest BCUT2D eigenvalue weighted by Crippen LogP contribution is -2.49. The quantitative estimate of drug-likeness (QED) is 0.500. The Morgan fingerprint density at radius 1 is 0.750 bits per heavy atom. The zero-order chi connectivity index (χ0) is 26.1. The van der Waals surface area contributed by atoms with Gasteiger partial charge in [0.05, 0.1) is 22.6 Å². The van der Waals surface area contributed by atoms with Crippen molar-refractivity contribution in [2.45, 2.75) is 16.7 Å². The highest BCUT2D eigenvalue weighted by atomic mass is 35.5. The fourth-order valence-electron chi connectivity index (χ4n) is 4.51. The number of benzene rings is 2. The van der Waals surface area contributed by atoms with Crippen LogP contribution in [0.3, 0.4) is 0 Å². The van der Waals surface area contributed by atoms with Gasteiger partial charge in [-0.05, 0) is 42.9 Å². The molecule has 0 aliphatic carbocycles. The van der Waals surface area contributed by atoms with Crippen molar-refractivity contribution in [1.82, 2.24) is 13.5 Å². The first-order valence-electron chi connectivity index (χ1n) is 11.7. The molecule has 2 aromatic carbocycles. The van der Waals surface area contributed by atoms with Crippen molar-refractivity contribution < 1.29 is 21.6 Å². The van der Waals surface area contributed by atoms with Gasteiger partial charge in [-0.25, -0.2) is 16.8 Å². The van der Waals surface area contributed by atoms with E-state index in [9.17, 15) is 16.8 Å². The smallest absolute Gasteiger partial charge is 0.243 e. The van der Waals surface area contributed by atoms with Crippen LogP contribution in [0.15, 0.2) is 46.2 Å². The predicted molar refractivity (Wildman–Crippen MR) is 141 cm³/mol. The lowest BCUT2D eigenvalue weighted by Gasteiger charge is -2.36. The SMILES string of the molecule is CCN1CCN(S(=O)(=O)c2ccc(OC)c(N3CCN(S(=O)(=O)c4cc(Cl)cc(Cl)c4)CC3)c2)CC1. The Morgan fingerprint density at radius 2 is 1.28 bits per heavy atom. The standard InChI is InChI=1S/C23H30Cl2N4O5S2/c1-3-26-6-10-28(11-7-26)35(30,31)20-4-5-23(34-2)22(17-20)27-8-12-29(13-9-27)36(32,33)21-15-18(24)14-19(25)16-21/h4-5,14-17H,3,6-13H2,1-2H3. The van der Waals surface area contributed by atoms with Gasteiger partial charge in [-0.3, -0.25) is 0 Å². The topological polar surface area (TPSA) is 90.5 Å². The van der Waals surface area contributed by atoms with Crippen LogP contribution in [0, 0.1) is 0 Å². The molecule has 2 fully saturated rings. The third-order valence-electron chi connectivity index (χ3n) is 6.62. The summed E-state index contributed by atoms with van der Waals surface area (Å²) in [6.07, 6.45) is 0. The number of anilines is 1. The minimum absolute atomic E-state index is 0.0438. The van der Waals surface area contributed by atoms with Crippen LogP contribution in [0.25, 0.3) is 0 Å². The minimum Gasteiger partial charge on any atom is -0.495 e. The molecule has 0 bridgehead atoms. The van der Waals surface area contributed by atoms with Crippen molar-refractivity contribution in [3.63, 3.8) is 0 Å². The first-order chi connectivity index (χ1) is 17.1. The van der Waals surface area contributed by atoms with E-state index in [1.807, 2.05) is 4.90 Å². The highest BCUT2D eigenvalue weighted by Gasteiger charge is 2.32. The van der Waals surface area contributed by atoms with Gasteiger partial charge >= 0.3 is 0 Å². The van der Waals surface area contributed by atoms with Crippen molar-refractivity contribution in [2.75, 3.05) is 70.9 Å². The lowest BCUT2D eigenvalue weighted by molar-refractivity contribution is 0.196. The van der Waals surface area contributed by atoms with E-state index in [-0.39, 0.29) is 32.9 Å². The Balaban J connectivity index is 1.53. The van der Waals surface area contributed by atoms with E-state index in [4.69, 9.17) is 27.9 Å².